The van der Waals surface area contributed by atoms with E-state index in [1.807, 2.05) is 53.8 Å². The van der Waals surface area contributed by atoms with Crippen LogP contribution in [0.25, 0.3) is 0 Å². The molecule has 2 amide bonds. The largest absolute Gasteiger partial charge is 0.444 e. The van der Waals surface area contributed by atoms with Gasteiger partial charge in [-0.15, -0.1) is 0 Å². The number of aromatic nitrogens is 1. The zero-order chi connectivity index (χ0) is 27.4. The molecule has 36 heavy (non-hydrogen) atoms. The molecule has 0 aliphatic carbocycles. The highest BCUT2D eigenvalue weighted by molar-refractivity contribution is 5.91. The minimum atomic E-state index is -0.652. The Balaban J connectivity index is 2.91. The molecule has 1 heterocycles. The first-order chi connectivity index (χ1) is 16.7. The molecule has 0 bridgehead atoms. The monoisotopic (exact) mass is 505 g/mol. The van der Waals surface area contributed by atoms with Crippen LogP contribution in [-0.4, -0.2) is 85.2 Å². The zero-order valence-electron chi connectivity index (χ0n) is 23.8. The highest BCUT2D eigenvalue weighted by Gasteiger charge is 2.26. The predicted octanol–water partition coefficient (Wildman–Crippen LogP) is 5.90. The molecule has 0 saturated carbocycles. The third-order valence-corrected chi connectivity index (χ3v) is 4.90. The minimum Gasteiger partial charge on any atom is -0.444 e. The second kappa shape index (κ2) is 14.8. The van der Waals surface area contributed by atoms with E-state index in [9.17, 15) is 9.59 Å². The van der Waals surface area contributed by atoms with Crippen LogP contribution in [0.15, 0.2) is 23.3 Å². The molecule has 1 aromatic heterocycles. The summed E-state index contributed by atoms with van der Waals surface area (Å²) in [6.07, 6.45) is 7.36. The fraction of sp³-hybridized carbons (Fsp3) is 0.704. The Hall–Kier alpha value is -2.68. The van der Waals surface area contributed by atoms with Gasteiger partial charge in [-0.05, 0) is 100.0 Å². The predicted molar refractivity (Wildman–Crippen MR) is 146 cm³/mol. The van der Waals surface area contributed by atoms with Gasteiger partial charge < -0.3 is 19.3 Å². The number of hydrogen-bond acceptors (Lipinski definition) is 7. The molecule has 0 atom stereocenters. The number of pyridine rings is 1. The Bertz CT molecular complexity index is 843. The summed E-state index contributed by atoms with van der Waals surface area (Å²) in [5.41, 5.74) is -0.639. The standard InChI is InChI=1S/C27H47N5O4/c1-26(2,3)35-24(33)31(9)20-15-21-32(25(34)36-27(4,5)6)22-16-14-18-29-23(22)28-17-12-10-11-13-19-30(7)8/h14,16-18H,10-13,15,19-21H2,1-9H3/b28-17+. The fourth-order valence-corrected chi connectivity index (χ4v) is 3.21. The van der Waals surface area contributed by atoms with E-state index in [2.05, 4.69) is 29.0 Å². The molecular weight excluding hydrogens is 458 g/mol. The van der Waals surface area contributed by atoms with Crippen LogP contribution >= 0.6 is 0 Å². The van der Waals surface area contributed by atoms with Gasteiger partial charge >= 0.3 is 12.2 Å². The van der Waals surface area contributed by atoms with Crippen LogP contribution in [0, 0.1) is 0 Å². The smallest absolute Gasteiger partial charge is 0.414 e. The third kappa shape index (κ3) is 13.4. The van der Waals surface area contributed by atoms with E-state index in [4.69, 9.17) is 9.47 Å². The Morgan fingerprint density at radius 1 is 0.889 bits per heavy atom. The number of hydrogen-bond donors (Lipinski definition) is 0. The first-order valence-corrected chi connectivity index (χ1v) is 12.8. The van der Waals surface area contributed by atoms with Gasteiger partial charge in [-0.3, -0.25) is 4.90 Å². The zero-order valence-corrected chi connectivity index (χ0v) is 23.8. The van der Waals surface area contributed by atoms with Gasteiger partial charge in [0.15, 0.2) is 5.82 Å². The molecule has 0 N–H and O–H groups in total. The lowest BCUT2D eigenvalue weighted by atomic mass is 10.2. The van der Waals surface area contributed by atoms with Crippen LogP contribution in [-0.2, 0) is 9.47 Å². The molecule has 1 rings (SSSR count). The van der Waals surface area contributed by atoms with Crippen molar-refractivity contribution in [3.63, 3.8) is 0 Å². The summed E-state index contributed by atoms with van der Waals surface area (Å²) >= 11 is 0. The van der Waals surface area contributed by atoms with Gasteiger partial charge in [0.2, 0.25) is 0 Å². The molecule has 0 aromatic carbocycles. The molecule has 1 aromatic rings. The number of amides is 2. The molecule has 0 fully saturated rings. The number of aliphatic imine (C=N–C) groups is 1. The summed E-state index contributed by atoms with van der Waals surface area (Å²) in [5.74, 6) is 0.470. The minimum absolute atomic E-state index is 0.334. The quantitative estimate of drug-likeness (QED) is 0.259. The molecular formula is C27H47N5O4. The SMILES string of the molecule is CN(C)CCCCC/C=N/c1ncccc1N(CCCN(C)C(=O)OC(C)(C)C)C(=O)OC(C)(C)C. The summed E-state index contributed by atoms with van der Waals surface area (Å²) in [6, 6.07) is 3.60. The van der Waals surface area contributed by atoms with E-state index in [0.717, 1.165) is 32.2 Å². The molecule has 0 radical (unpaired) electrons. The fourth-order valence-electron chi connectivity index (χ4n) is 3.21. The molecule has 204 valence electrons. The number of rotatable bonds is 12. The Labute approximate surface area is 217 Å². The van der Waals surface area contributed by atoms with Crippen molar-refractivity contribution < 1.29 is 19.1 Å². The Morgan fingerprint density at radius 2 is 1.53 bits per heavy atom. The van der Waals surface area contributed by atoms with Crippen LogP contribution in [0.4, 0.5) is 21.1 Å². The molecule has 0 aliphatic rings. The molecule has 0 aliphatic heterocycles. The van der Waals surface area contributed by atoms with E-state index < -0.39 is 23.4 Å². The maximum Gasteiger partial charge on any atom is 0.414 e. The van der Waals surface area contributed by atoms with Crippen LogP contribution in [0.2, 0.25) is 0 Å². The van der Waals surface area contributed by atoms with Gasteiger partial charge in [0.1, 0.15) is 11.2 Å². The number of anilines is 1. The summed E-state index contributed by atoms with van der Waals surface area (Å²) in [5, 5.41) is 0. The van der Waals surface area contributed by atoms with Gasteiger partial charge in [0, 0.05) is 32.5 Å². The molecule has 0 unspecified atom stereocenters. The van der Waals surface area contributed by atoms with E-state index >= 15 is 0 Å². The van der Waals surface area contributed by atoms with Crippen LogP contribution in [0.3, 0.4) is 0 Å². The van der Waals surface area contributed by atoms with Gasteiger partial charge in [-0.1, -0.05) is 6.42 Å². The highest BCUT2D eigenvalue weighted by Crippen LogP contribution is 2.28. The molecule has 9 heteroatoms. The van der Waals surface area contributed by atoms with Crippen molar-refractivity contribution in [3.8, 4) is 0 Å². The number of nitrogens with zero attached hydrogens (tertiary/aromatic N) is 5. The summed E-state index contributed by atoms with van der Waals surface area (Å²) < 4.78 is 11.1. The van der Waals surface area contributed by atoms with Crippen molar-refractivity contribution >= 4 is 29.9 Å². The first kappa shape index (κ1) is 31.4. The molecule has 0 spiro atoms. The van der Waals surface area contributed by atoms with Crippen LogP contribution in [0.5, 0.6) is 0 Å². The molecule has 9 nitrogen and oxygen atoms in total. The Morgan fingerprint density at radius 3 is 2.14 bits per heavy atom. The van der Waals surface area contributed by atoms with Crippen molar-refractivity contribution in [1.82, 2.24) is 14.8 Å². The third-order valence-electron chi connectivity index (χ3n) is 4.90. The van der Waals surface area contributed by atoms with Crippen LogP contribution < -0.4 is 4.90 Å². The lowest BCUT2D eigenvalue weighted by molar-refractivity contribution is 0.0298. The molecule has 0 saturated heterocycles. The van der Waals surface area contributed by atoms with Crippen molar-refractivity contribution in [2.75, 3.05) is 45.7 Å². The van der Waals surface area contributed by atoms with Crippen molar-refractivity contribution in [2.24, 2.45) is 4.99 Å². The van der Waals surface area contributed by atoms with Crippen molar-refractivity contribution in [3.05, 3.63) is 18.3 Å². The summed E-state index contributed by atoms with van der Waals surface area (Å²) in [7, 11) is 5.84. The number of ether oxygens (including phenoxy) is 2. The highest BCUT2D eigenvalue weighted by atomic mass is 16.6. The number of unbranched alkanes of at least 4 members (excludes halogenated alkanes) is 3. The lowest BCUT2D eigenvalue weighted by Crippen LogP contribution is -2.39. The normalized spacial score (nSPS) is 12.2. The van der Waals surface area contributed by atoms with Gasteiger partial charge in [0.25, 0.3) is 0 Å². The second-order valence-electron chi connectivity index (χ2n) is 11.2. The average molecular weight is 506 g/mol. The van der Waals surface area contributed by atoms with E-state index in [1.165, 1.54) is 4.90 Å². The van der Waals surface area contributed by atoms with Gasteiger partial charge in [-0.2, -0.15) is 0 Å². The van der Waals surface area contributed by atoms with E-state index in [-0.39, 0.29) is 0 Å². The number of carbonyl (C=O) groups excluding carboxylic acids is 2. The summed E-state index contributed by atoms with van der Waals surface area (Å²) in [4.78, 5) is 39.6. The number of carbonyl (C=O) groups is 2. The topological polar surface area (TPSA) is 87.6 Å². The Kier molecular flexibility index (Phi) is 12.9. The second-order valence-corrected chi connectivity index (χ2v) is 11.2. The summed E-state index contributed by atoms with van der Waals surface area (Å²) in [6.45, 7) is 12.8. The van der Waals surface area contributed by atoms with Crippen molar-refractivity contribution in [1.29, 1.82) is 0 Å². The maximum absolute atomic E-state index is 13.1. The average Bonchev–Trinajstić information content (AvgIpc) is 2.73. The lowest BCUT2D eigenvalue weighted by Gasteiger charge is -2.29. The van der Waals surface area contributed by atoms with E-state index in [1.54, 1.807) is 24.2 Å². The van der Waals surface area contributed by atoms with E-state index in [0.29, 0.717) is 31.0 Å². The van der Waals surface area contributed by atoms with Crippen molar-refractivity contribution in [2.45, 2.75) is 84.8 Å². The van der Waals surface area contributed by atoms with Crippen LogP contribution in [0.1, 0.15) is 73.6 Å². The maximum atomic E-state index is 13.1. The van der Waals surface area contributed by atoms with Gasteiger partial charge in [-0.25, -0.2) is 19.6 Å². The van der Waals surface area contributed by atoms with Gasteiger partial charge in [0.05, 0.1) is 5.69 Å². The first-order valence-electron chi connectivity index (χ1n) is 12.8.